The van der Waals surface area contributed by atoms with E-state index >= 15 is 8.78 Å². The fourth-order valence-corrected chi connectivity index (χ4v) is 7.46. The molecule has 0 N–H and O–H groups in total. The van der Waals surface area contributed by atoms with Gasteiger partial charge in [0.2, 0.25) is 18.0 Å². The van der Waals surface area contributed by atoms with E-state index in [1.54, 1.807) is 11.0 Å². The Labute approximate surface area is 254 Å². The van der Waals surface area contributed by atoms with Gasteiger partial charge in [-0.15, -0.1) is 11.8 Å². The first-order valence-electron chi connectivity index (χ1n) is 14.0. The number of methoxy groups -OCH3 is 1. The van der Waals surface area contributed by atoms with E-state index in [4.69, 9.17) is 14.2 Å². The molecule has 1 aromatic heterocycles. The summed E-state index contributed by atoms with van der Waals surface area (Å²) in [6.07, 6.45) is 6.36. The number of carbonyl (C=O) groups excluding carboxylic acids is 2. The molecule has 1 aliphatic carbocycles. The summed E-state index contributed by atoms with van der Waals surface area (Å²) in [6.45, 7) is -0.545. The maximum absolute atomic E-state index is 15.7. The molecule has 10 nitrogen and oxygen atoms in total. The second-order valence-electron chi connectivity index (χ2n) is 10.8. The van der Waals surface area contributed by atoms with Crippen LogP contribution in [0.2, 0.25) is 0 Å². The molecule has 228 valence electrons. The predicted octanol–water partition coefficient (Wildman–Crippen LogP) is 4.86. The Morgan fingerprint density at radius 3 is 2.77 bits per heavy atom. The summed E-state index contributed by atoms with van der Waals surface area (Å²) in [5.41, 5.74) is -0.00685. The van der Waals surface area contributed by atoms with Crippen LogP contribution in [0.4, 0.5) is 13.6 Å². The third-order valence-electron chi connectivity index (χ3n) is 8.59. The minimum Gasteiger partial charge on any atom is -0.489 e. The zero-order chi connectivity index (χ0) is 30.6. The lowest BCUT2D eigenvalue weighted by Crippen LogP contribution is -2.64. The molecule has 1 amide bonds. The lowest BCUT2D eigenvalue weighted by molar-refractivity contribution is 0.0109. The van der Waals surface area contributed by atoms with Gasteiger partial charge >= 0.3 is 6.16 Å². The van der Waals surface area contributed by atoms with Crippen molar-refractivity contribution in [2.75, 3.05) is 32.2 Å². The van der Waals surface area contributed by atoms with Crippen LogP contribution >= 0.6 is 11.8 Å². The van der Waals surface area contributed by atoms with Gasteiger partial charge in [0.15, 0.2) is 17.3 Å². The highest BCUT2D eigenvalue weighted by molar-refractivity contribution is 7.98. The number of hydrogen-bond donors (Lipinski definition) is 0. The van der Waals surface area contributed by atoms with Crippen molar-refractivity contribution in [3.8, 4) is 11.5 Å². The molecule has 13 heteroatoms. The molecule has 0 radical (unpaired) electrons. The molecule has 2 aromatic carbocycles. The minimum atomic E-state index is -1.02. The van der Waals surface area contributed by atoms with Crippen molar-refractivity contribution in [2.45, 2.75) is 41.5 Å². The number of halogens is 2. The van der Waals surface area contributed by atoms with Gasteiger partial charge in [0.05, 0.1) is 12.6 Å². The third-order valence-corrected chi connectivity index (χ3v) is 9.71. The van der Waals surface area contributed by atoms with Gasteiger partial charge in [0.1, 0.15) is 25.1 Å². The van der Waals surface area contributed by atoms with Crippen molar-refractivity contribution in [1.82, 2.24) is 9.58 Å². The van der Waals surface area contributed by atoms with E-state index in [0.717, 1.165) is 30.1 Å². The van der Waals surface area contributed by atoms with Gasteiger partial charge in [-0.2, -0.15) is 0 Å². The zero-order valence-electron chi connectivity index (χ0n) is 23.6. The van der Waals surface area contributed by atoms with Gasteiger partial charge < -0.3 is 23.8 Å². The summed E-state index contributed by atoms with van der Waals surface area (Å²) < 4.78 is 53.4. The fraction of sp³-hybridized carbons (Fsp3) is 0.323. The van der Waals surface area contributed by atoms with Gasteiger partial charge in [-0.3, -0.25) is 19.3 Å². The number of nitrogens with zero attached hydrogens (tertiary/aromatic N) is 3. The van der Waals surface area contributed by atoms with Gasteiger partial charge in [0, 0.05) is 40.1 Å². The van der Waals surface area contributed by atoms with E-state index in [-0.39, 0.29) is 41.8 Å². The van der Waals surface area contributed by atoms with Crippen LogP contribution in [0.3, 0.4) is 0 Å². The smallest absolute Gasteiger partial charge is 0.489 e. The topological polar surface area (TPSA) is 99.5 Å². The Bertz CT molecular complexity index is 1770. The number of benzene rings is 2. The van der Waals surface area contributed by atoms with Crippen molar-refractivity contribution >= 4 is 23.8 Å². The quantitative estimate of drug-likeness (QED) is 0.230. The number of rotatable bonds is 3. The molecule has 1 atom stereocenters. The fourth-order valence-electron chi connectivity index (χ4n) is 6.36. The predicted molar refractivity (Wildman–Crippen MR) is 154 cm³/mol. The number of ether oxygens (including phenoxy) is 4. The highest BCUT2D eigenvalue weighted by atomic mass is 32.2. The molecule has 1 spiro atoms. The van der Waals surface area contributed by atoms with E-state index in [1.807, 2.05) is 35.4 Å². The van der Waals surface area contributed by atoms with Crippen molar-refractivity contribution in [1.29, 1.82) is 0 Å². The summed E-state index contributed by atoms with van der Waals surface area (Å²) in [5, 5.41) is 1.84. The van der Waals surface area contributed by atoms with Crippen LogP contribution in [0.5, 0.6) is 11.5 Å². The minimum absolute atomic E-state index is 0.0543. The molecular weight excluding hydrogens is 596 g/mol. The molecule has 4 heterocycles. The molecule has 4 aliphatic rings. The summed E-state index contributed by atoms with van der Waals surface area (Å²) in [6, 6.07) is 9.11. The number of pyridine rings is 1. The van der Waals surface area contributed by atoms with Gasteiger partial charge in [-0.05, 0) is 37.0 Å². The second kappa shape index (κ2) is 10.9. The SMILES string of the molecule is COC(=O)OCOc1c2n(ccc1=O)N1CN(C2=O)C2(/C=C/COc3cc(F)c(F)c4c3[C@H]1c1ccccc1SC4)CCC2. The standard InChI is InChI=1S/C31H27F2N3O7S/c1-40-30(39)43-17-42-28-21(37)8-12-35-27(28)29(38)34-16-36(35)26-18-6-2-3-7-23(18)44-15-19-24(26)22(14-20(32)25(19)33)41-13-5-11-31(34)9-4-10-31/h2-3,5-8,11-12,14,26H,4,9-10,13,15-17H2,1H3/b11-5+/t26-/m1/s1. The number of carbonyl (C=O) groups is 2. The van der Waals surface area contributed by atoms with Crippen molar-refractivity contribution in [3.63, 3.8) is 0 Å². The molecule has 7 rings (SSSR count). The molecule has 3 aliphatic heterocycles. The molecule has 3 aromatic rings. The number of fused-ring (bicyclic) bond motifs is 8. The lowest BCUT2D eigenvalue weighted by Gasteiger charge is -2.54. The van der Waals surface area contributed by atoms with Crippen LogP contribution < -0.4 is 19.9 Å². The van der Waals surface area contributed by atoms with Crippen LogP contribution in [0, 0.1) is 11.6 Å². The molecule has 1 saturated carbocycles. The number of aromatic nitrogens is 1. The Kier molecular flexibility index (Phi) is 6.99. The first-order valence-corrected chi connectivity index (χ1v) is 15.0. The van der Waals surface area contributed by atoms with Crippen LogP contribution in [-0.4, -0.2) is 54.4 Å². The third kappa shape index (κ3) is 4.40. The molecular formula is C31H27F2N3O7S. The number of thioether (sulfide) groups is 1. The first kappa shape index (κ1) is 28.3. The van der Waals surface area contributed by atoms with Crippen molar-refractivity contribution in [2.24, 2.45) is 0 Å². The lowest BCUT2D eigenvalue weighted by atomic mass is 9.74. The van der Waals surface area contributed by atoms with Gasteiger partial charge in [-0.25, -0.2) is 13.6 Å². The Morgan fingerprint density at radius 1 is 1.18 bits per heavy atom. The summed E-state index contributed by atoms with van der Waals surface area (Å²) >= 11 is 1.38. The van der Waals surface area contributed by atoms with Gasteiger partial charge in [0.25, 0.3) is 5.91 Å². The Balaban J connectivity index is 1.50. The monoisotopic (exact) mass is 623 g/mol. The molecule has 0 saturated heterocycles. The molecule has 2 bridgehead atoms. The summed E-state index contributed by atoms with van der Waals surface area (Å²) in [5.74, 6) is -2.42. The Morgan fingerprint density at radius 2 is 2.00 bits per heavy atom. The maximum atomic E-state index is 15.7. The van der Waals surface area contributed by atoms with E-state index in [1.165, 1.54) is 28.7 Å². The molecule has 1 fully saturated rings. The summed E-state index contributed by atoms with van der Waals surface area (Å²) in [4.78, 5) is 41.7. The number of hydrogen-bond acceptors (Lipinski definition) is 9. The van der Waals surface area contributed by atoms with Crippen molar-refractivity contribution in [3.05, 3.63) is 99.0 Å². The van der Waals surface area contributed by atoms with Gasteiger partial charge in [-0.1, -0.05) is 24.3 Å². The second-order valence-corrected chi connectivity index (χ2v) is 11.9. The van der Waals surface area contributed by atoms with E-state index < -0.39 is 47.5 Å². The first-order chi connectivity index (χ1) is 21.3. The highest BCUT2D eigenvalue weighted by Gasteiger charge is 2.50. The normalized spacial score (nSPS) is 20.1. The average molecular weight is 624 g/mol. The van der Waals surface area contributed by atoms with E-state index in [9.17, 15) is 14.4 Å². The summed E-state index contributed by atoms with van der Waals surface area (Å²) in [7, 11) is 1.13. The van der Waals surface area contributed by atoms with Crippen molar-refractivity contribution < 1.29 is 37.3 Å². The average Bonchev–Trinajstić information content (AvgIpc) is 3.18. The van der Waals surface area contributed by atoms with E-state index in [0.29, 0.717) is 18.4 Å². The molecule has 44 heavy (non-hydrogen) atoms. The van der Waals surface area contributed by atoms with Crippen LogP contribution in [-0.2, 0) is 15.2 Å². The highest BCUT2D eigenvalue weighted by Crippen LogP contribution is 2.49. The molecule has 0 unspecified atom stereocenters. The zero-order valence-corrected chi connectivity index (χ0v) is 24.4. The largest absolute Gasteiger partial charge is 0.510 e. The van der Waals surface area contributed by atoms with E-state index in [2.05, 4.69) is 4.74 Å². The van der Waals surface area contributed by atoms with Crippen LogP contribution in [0.25, 0.3) is 0 Å². The number of amides is 1. The van der Waals surface area contributed by atoms with Crippen LogP contribution in [0.15, 0.2) is 64.4 Å². The maximum Gasteiger partial charge on any atom is 0.510 e. The Hall–Kier alpha value is -4.52. The van der Waals surface area contributed by atoms with Crippen LogP contribution in [0.1, 0.15) is 52.5 Å².